The number of rotatable bonds is 4. The van der Waals surface area contributed by atoms with E-state index in [1.54, 1.807) is 6.33 Å². The van der Waals surface area contributed by atoms with Gasteiger partial charge in [-0.05, 0) is 35.2 Å². The molecule has 0 aliphatic carbocycles. The minimum absolute atomic E-state index is 0.295. The lowest BCUT2D eigenvalue weighted by Gasteiger charge is -2.23. The van der Waals surface area contributed by atoms with E-state index in [4.69, 9.17) is 4.74 Å². The number of aromatic nitrogens is 2. The van der Waals surface area contributed by atoms with Crippen molar-refractivity contribution in [2.24, 2.45) is 0 Å². The number of hydrogen-bond donors (Lipinski definition) is 2. The van der Waals surface area contributed by atoms with Crippen LogP contribution in [-0.2, 0) is 4.74 Å². The molecule has 0 saturated carbocycles. The molecule has 17 heavy (non-hydrogen) atoms. The molecule has 1 fully saturated rings. The zero-order valence-corrected chi connectivity index (χ0v) is 11.5. The zero-order valence-electron chi connectivity index (χ0n) is 9.87. The fourth-order valence-corrected chi connectivity index (χ4v) is 2.39. The summed E-state index contributed by atoms with van der Waals surface area (Å²) in [7, 11) is 1.83. The molecule has 1 saturated heterocycles. The maximum absolute atomic E-state index is 5.66. The fourth-order valence-electron chi connectivity index (χ4n) is 1.85. The van der Waals surface area contributed by atoms with Gasteiger partial charge >= 0.3 is 0 Å². The van der Waals surface area contributed by atoms with Crippen molar-refractivity contribution in [3.05, 3.63) is 10.8 Å². The van der Waals surface area contributed by atoms with E-state index >= 15 is 0 Å². The van der Waals surface area contributed by atoms with E-state index in [1.165, 1.54) is 12.8 Å². The summed E-state index contributed by atoms with van der Waals surface area (Å²) < 4.78 is 6.52. The van der Waals surface area contributed by atoms with Gasteiger partial charge in [0.2, 0.25) is 0 Å². The third-order valence-electron chi connectivity index (χ3n) is 2.80. The fraction of sp³-hybridized carbons (Fsp3) is 0.636. The van der Waals surface area contributed by atoms with Crippen LogP contribution in [-0.4, -0.2) is 36.3 Å². The van der Waals surface area contributed by atoms with Gasteiger partial charge < -0.3 is 15.4 Å². The third kappa shape index (κ3) is 3.29. The van der Waals surface area contributed by atoms with Crippen LogP contribution in [0.2, 0.25) is 0 Å². The van der Waals surface area contributed by atoms with Crippen molar-refractivity contribution >= 4 is 27.6 Å². The van der Waals surface area contributed by atoms with Gasteiger partial charge in [-0.1, -0.05) is 0 Å². The van der Waals surface area contributed by atoms with Crippen molar-refractivity contribution in [3.8, 4) is 0 Å². The van der Waals surface area contributed by atoms with E-state index < -0.39 is 0 Å². The van der Waals surface area contributed by atoms with Crippen molar-refractivity contribution < 1.29 is 4.74 Å². The molecule has 0 spiro atoms. The first-order valence-corrected chi connectivity index (χ1v) is 6.64. The quantitative estimate of drug-likeness (QED) is 0.893. The Morgan fingerprint density at radius 2 is 2.24 bits per heavy atom. The summed E-state index contributed by atoms with van der Waals surface area (Å²) >= 11 is 3.48. The predicted octanol–water partition coefficient (Wildman–Crippen LogP) is 2.26. The summed E-state index contributed by atoms with van der Waals surface area (Å²) in [6, 6.07) is 0. The minimum atomic E-state index is 0.295. The van der Waals surface area contributed by atoms with E-state index in [0.29, 0.717) is 6.10 Å². The van der Waals surface area contributed by atoms with Crippen LogP contribution in [0, 0.1) is 0 Å². The molecular formula is C11H17BrN4O. The molecule has 0 radical (unpaired) electrons. The molecule has 1 unspecified atom stereocenters. The zero-order chi connectivity index (χ0) is 12.1. The first-order valence-electron chi connectivity index (χ1n) is 5.85. The highest BCUT2D eigenvalue weighted by Crippen LogP contribution is 2.26. The maximum Gasteiger partial charge on any atom is 0.146 e. The number of nitrogens with one attached hydrogen (secondary N) is 2. The number of anilines is 2. The van der Waals surface area contributed by atoms with Crippen molar-refractivity contribution in [3.63, 3.8) is 0 Å². The summed E-state index contributed by atoms with van der Waals surface area (Å²) in [5.41, 5.74) is 0. The molecule has 2 N–H and O–H groups in total. The number of ether oxygens (including phenoxy) is 1. The Hall–Kier alpha value is -0.880. The van der Waals surface area contributed by atoms with E-state index in [0.717, 1.165) is 35.7 Å². The molecule has 1 aliphatic heterocycles. The van der Waals surface area contributed by atoms with Crippen LogP contribution in [0.25, 0.3) is 0 Å². The lowest BCUT2D eigenvalue weighted by atomic mass is 10.1. The Bertz CT molecular complexity index is 368. The minimum Gasteiger partial charge on any atom is -0.376 e. The van der Waals surface area contributed by atoms with Crippen LogP contribution < -0.4 is 10.6 Å². The molecule has 94 valence electrons. The van der Waals surface area contributed by atoms with Crippen molar-refractivity contribution in [2.45, 2.75) is 25.4 Å². The van der Waals surface area contributed by atoms with Gasteiger partial charge in [0, 0.05) is 20.2 Å². The molecule has 1 aromatic rings. The average Bonchev–Trinajstić information content (AvgIpc) is 2.39. The molecule has 0 bridgehead atoms. The van der Waals surface area contributed by atoms with Gasteiger partial charge in [0.05, 0.1) is 6.10 Å². The topological polar surface area (TPSA) is 59.1 Å². The van der Waals surface area contributed by atoms with Gasteiger partial charge in [0.25, 0.3) is 0 Å². The SMILES string of the molecule is CNc1ncnc(NCC2CCCCO2)c1Br. The van der Waals surface area contributed by atoms with E-state index in [9.17, 15) is 0 Å². The van der Waals surface area contributed by atoms with Crippen LogP contribution in [0.4, 0.5) is 11.6 Å². The summed E-state index contributed by atoms with van der Waals surface area (Å²) in [6.45, 7) is 1.66. The number of nitrogens with zero attached hydrogens (tertiary/aromatic N) is 2. The Labute approximate surface area is 110 Å². The van der Waals surface area contributed by atoms with Gasteiger partial charge in [0.15, 0.2) is 0 Å². The van der Waals surface area contributed by atoms with Gasteiger partial charge in [-0.2, -0.15) is 0 Å². The third-order valence-corrected chi connectivity index (χ3v) is 3.55. The Kier molecular flexibility index (Phi) is 4.56. The highest BCUT2D eigenvalue weighted by Gasteiger charge is 2.15. The summed E-state index contributed by atoms with van der Waals surface area (Å²) in [6.07, 6.45) is 5.38. The average molecular weight is 301 g/mol. The van der Waals surface area contributed by atoms with Crippen molar-refractivity contribution in [2.75, 3.05) is 30.8 Å². The highest BCUT2D eigenvalue weighted by molar-refractivity contribution is 9.10. The Morgan fingerprint density at radius 1 is 1.41 bits per heavy atom. The van der Waals surface area contributed by atoms with Crippen molar-refractivity contribution in [1.29, 1.82) is 0 Å². The number of hydrogen-bond acceptors (Lipinski definition) is 5. The van der Waals surface area contributed by atoms with Gasteiger partial charge in [-0.25, -0.2) is 9.97 Å². The molecule has 0 amide bonds. The van der Waals surface area contributed by atoms with Gasteiger partial charge in [0.1, 0.15) is 22.4 Å². The lowest BCUT2D eigenvalue weighted by Crippen LogP contribution is -2.27. The second-order valence-corrected chi connectivity index (χ2v) is 4.80. The van der Waals surface area contributed by atoms with E-state index in [1.807, 2.05) is 7.05 Å². The smallest absolute Gasteiger partial charge is 0.146 e. The maximum atomic E-state index is 5.66. The highest BCUT2D eigenvalue weighted by atomic mass is 79.9. The van der Waals surface area contributed by atoms with Crippen LogP contribution in [0.3, 0.4) is 0 Å². The predicted molar refractivity (Wildman–Crippen MR) is 71.4 cm³/mol. The largest absolute Gasteiger partial charge is 0.376 e. The molecule has 6 heteroatoms. The molecule has 1 atom stereocenters. The van der Waals surface area contributed by atoms with Crippen molar-refractivity contribution in [1.82, 2.24) is 9.97 Å². The molecular weight excluding hydrogens is 284 g/mol. The molecule has 0 aromatic carbocycles. The second-order valence-electron chi connectivity index (χ2n) is 4.00. The summed E-state index contributed by atoms with van der Waals surface area (Å²) in [4.78, 5) is 8.32. The van der Waals surface area contributed by atoms with Crippen LogP contribution in [0.1, 0.15) is 19.3 Å². The lowest BCUT2D eigenvalue weighted by molar-refractivity contribution is 0.0247. The normalized spacial score (nSPS) is 20.0. The second kappa shape index (κ2) is 6.16. The van der Waals surface area contributed by atoms with Gasteiger partial charge in [-0.15, -0.1) is 0 Å². The molecule has 1 aromatic heterocycles. The molecule has 1 aliphatic rings. The Morgan fingerprint density at radius 3 is 2.94 bits per heavy atom. The summed E-state index contributed by atoms with van der Waals surface area (Å²) in [5.74, 6) is 1.59. The molecule has 5 nitrogen and oxygen atoms in total. The Balaban J connectivity index is 1.93. The van der Waals surface area contributed by atoms with E-state index in [-0.39, 0.29) is 0 Å². The van der Waals surface area contributed by atoms with Crippen LogP contribution >= 0.6 is 15.9 Å². The number of halogens is 1. The van der Waals surface area contributed by atoms with Crippen LogP contribution in [0.15, 0.2) is 10.8 Å². The standard InChI is InChI=1S/C11H17BrN4O/c1-13-10-9(12)11(16-7-15-10)14-6-8-4-2-3-5-17-8/h7-8H,2-6H2,1H3,(H2,13,14,15,16). The summed E-state index contributed by atoms with van der Waals surface area (Å²) in [5, 5.41) is 6.30. The van der Waals surface area contributed by atoms with E-state index in [2.05, 4.69) is 36.5 Å². The first-order chi connectivity index (χ1) is 8.31. The van der Waals surface area contributed by atoms with Crippen LogP contribution in [0.5, 0.6) is 0 Å². The molecule has 2 rings (SSSR count). The van der Waals surface area contributed by atoms with Gasteiger partial charge in [-0.3, -0.25) is 0 Å². The monoisotopic (exact) mass is 300 g/mol. The first kappa shape index (κ1) is 12.6. The molecule has 2 heterocycles.